The lowest BCUT2D eigenvalue weighted by Gasteiger charge is -2.02. The largest absolute Gasteiger partial charge is 0.434 e. The molecule has 0 aromatic carbocycles. The van der Waals surface area contributed by atoms with Crippen LogP contribution in [0.5, 0.6) is 0 Å². The van der Waals surface area contributed by atoms with Crippen LogP contribution in [0.25, 0.3) is 0 Å². The molecule has 2 aromatic heterocycles. The van der Waals surface area contributed by atoms with E-state index in [-0.39, 0.29) is 24.6 Å². The molecule has 0 fully saturated rings. The number of hydrogen-bond acceptors (Lipinski definition) is 6. The number of alkyl halides is 3. The van der Waals surface area contributed by atoms with Crippen LogP contribution >= 0.6 is 22.7 Å². The Balaban J connectivity index is 1.82. The van der Waals surface area contributed by atoms with Crippen molar-refractivity contribution >= 4 is 33.7 Å². The summed E-state index contributed by atoms with van der Waals surface area (Å²) >= 11 is 2.25. The lowest BCUT2D eigenvalue weighted by atomic mass is 10.4. The van der Waals surface area contributed by atoms with Crippen LogP contribution in [0, 0.1) is 0 Å². The minimum Gasteiger partial charge on any atom is -0.362 e. The summed E-state index contributed by atoms with van der Waals surface area (Å²) < 4.78 is 37.2. The van der Waals surface area contributed by atoms with Gasteiger partial charge in [-0.25, -0.2) is 9.97 Å². The lowest BCUT2D eigenvalue weighted by molar-refractivity contribution is -0.140. The first-order chi connectivity index (χ1) is 10.4. The molecule has 0 unspecified atom stereocenters. The fraction of sp³-hybridized carbons (Fsp3) is 0.417. The highest BCUT2D eigenvalue weighted by molar-refractivity contribution is 7.13. The van der Waals surface area contributed by atoms with Crippen molar-refractivity contribution in [1.29, 1.82) is 0 Å². The van der Waals surface area contributed by atoms with Crippen molar-refractivity contribution in [1.82, 2.24) is 15.3 Å². The summed E-state index contributed by atoms with van der Waals surface area (Å²) in [5.41, 5.74) is -0.607. The molecule has 0 spiro atoms. The SMILES string of the molecule is CCNc1nc(C(=O)NCCc2nc(C(F)(F)F)cs2)cs1. The molecular weight excluding hydrogens is 337 g/mol. The van der Waals surface area contributed by atoms with Crippen LogP contribution in [0.4, 0.5) is 18.3 Å². The Morgan fingerprint density at radius 3 is 2.68 bits per heavy atom. The number of halogens is 3. The van der Waals surface area contributed by atoms with E-state index in [1.165, 1.54) is 11.3 Å². The van der Waals surface area contributed by atoms with Gasteiger partial charge < -0.3 is 10.6 Å². The molecule has 2 rings (SSSR count). The molecule has 120 valence electrons. The predicted molar refractivity (Wildman–Crippen MR) is 79.4 cm³/mol. The number of amides is 1. The Kier molecular flexibility index (Phi) is 5.35. The molecule has 0 aliphatic carbocycles. The Morgan fingerprint density at radius 1 is 1.27 bits per heavy atom. The first kappa shape index (κ1) is 16.7. The average Bonchev–Trinajstić information content (AvgIpc) is 3.07. The van der Waals surface area contributed by atoms with E-state index in [9.17, 15) is 18.0 Å². The molecule has 0 aliphatic rings. The van der Waals surface area contributed by atoms with Crippen LogP contribution in [-0.4, -0.2) is 29.0 Å². The van der Waals surface area contributed by atoms with Gasteiger partial charge in [0, 0.05) is 30.3 Å². The van der Waals surface area contributed by atoms with Gasteiger partial charge in [-0.15, -0.1) is 22.7 Å². The van der Waals surface area contributed by atoms with Gasteiger partial charge in [-0.3, -0.25) is 4.79 Å². The van der Waals surface area contributed by atoms with Crippen molar-refractivity contribution < 1.29 is 18.0 Å². The van der Waals surface area contributed by atoms with Crippen LogP contribution < -0.4 is 10.6 Å². The second kappa shape index (κ2) is 7.05. The number of nitrogens with zero attached hydrogens (tertiary/aromatic N) is 2. The van der Waals surface area contributed by atoms with E-state index in [2.05, 4.69) is 20.6 Å². The lowest BCUT2D eigenvalue weighted by Crippen LogP contribution is -2.26. The molecule has 0 atom stereocenters. The van der Waals surface area contributed by atoms with Gasteiger partial charge in [0.2, 0.25) is 0 Å². The number of carbonyl (C=O) groups excluding carboxylic acids is 1. The topological polar surface area (TPSA) is 66.9 Å². The number of aromatic nitrogens is 2. The standard InChI is InChI=1S/C12H13F3N4OS2/c1-2-16-11-18-7(5-22-11)10(20)17-4-3-9-19-8(6-21-9)12(13,14)15/h5-6H,2-4H2,1H3,(H,16,18)(H,17,20). The van der Waals surface area contributed by atoms with Crippen LogP contribution in [0.15, 0.2) is 10.8 Å². The van der Waals surface area contributed by atoms with E-state index in [1.807, 2.05) is 6.92 Å². The number of anilines is 1. The third-order valence-corrected chi connectivity index (χ3v) is 4.24. The summed E-state index contributed by atoms with van der Waals surface area (Å²) in [5, 5.41) is 9.19. The van der Waals surface area contributed by atoms with E-state index in [0.29, 0.717) is 16.7 Å². The second-order valence-electron chi connectivity index (χ2n) is 4.20. The zero-order valence-corrected chi connectivity index (χ0v) is 13.2. The van der Waals surface area contributed by atoms with Crippen molar-refractivity contribution in [3.05, 3.63) is 27.2 Å². The van der Waals surface area contributed by atoms with Crippen LogP contribution in [0.2, 0.25) is 0 Å². The number of thiazole rings is 2. The molecule has 5 nitrogen and oxygen atoms in total. The van der Waals surface area contributed by atoms with Crippen LogP contribution in [-0.2, 0) is 12.6 Å². The molecule has 2 N–H and O–H groups in total. The van der Waals surface area contributed by atoms with E-state index in [0.717, 1.165) is 16.7 Å². The Bertz CT molecular complexity index is 638. The van der Waals surface area contributed by atoms with Gasteiger partial charge in [0.05, 0.1) is 5.01 Å². The van der Waals surface area contributed by atoms with Crippen molar-refractivity contribution in [3.63, 3.8) is 0 Å². The third kappa shape index (κ3) is 4.41. The van der Waals surface area contributed by atoms with Crippen LogP contribution in [0.3, 0.4) is 0 Å². The molecule has 2 heterocycles. The summed E-state index contributed by atoms with van der Waals surface area (Å²) in [6, 6.07) is 0. The molecule has 0 bridgehead atoms. The quantitative estimate of drug-likeness (QED) is 0.840. The summed E-state index contributed by atoms with van der Waals surface area (Å²) in [7, 11) is 0. The maximum absolute atomic E-state index is 12.4. The van der Waals surface area contributed by atoms with E-state index >= 15 is 0 Å². The van der Waals surface area contributed by atoms with Gasteiger partial charge in [-0.1, -0.05) is 0 Å². The first-order valence-electron chi connectivity index (χ1n) is 6.39. The number of hydrogen-bond donors (Lipinski definition) is 2. The van der Waals surface area contributed by atoms with Gasteiger partial charge in [-0.2, -0.15) is 13.2 Å². The monoisotopic (exact) mass is 350 g/mol. The highest BCUT2D eigenvalue weighted by Gasteiger charge is 2.33. The smallest absolute Gasteiger partial charge is 0.362 e. The molecule has 0 saturated carbocycles. The average molecular weight is 350 g/mol. The highest BCUT2D eigenvalue weighted by atomic mass is 32.1. The summed E-state index contributed by atoms with van der Waals surface area (Å²) in [4.78, 5) is 19.4. The van der Waals surface area contributed by atoms with Gasteiger partial charge in [-0.05, 0) is 6.92 Å². The van der Waals surface area contributed by atoms with Crippen LogP contribution in [0.1, 0.15) is 28.1 Å². The second-order valence-corrected chi connectivity index (χ2v) is 6.00. The normalized spacial score (nSPS) is 11.5. The zero-order chi connectivity index (χ0) is 16.2. The minimum absolute atomic E-state index is 0.206. The fourth-order valence-corrected chi connectivity index (χ4v) is 3.11. The molecule has 0 aliphatic heterocycles. The third-order valence-electron chi connectivity index (χ3n) is 2.53. The Morgan fingerprint density at radius 2 is 2.05 bits per heavy atom. The summed E-state index contributed by atoms with van der Waals surface area (Å²) in [6.07, 6.45) is -4.18. The predicted octanol–water partition coefficient (Wildman–Crippen LogP) is 3.02. The van der Waals surface area contributed by atoms with Gasteiger partial charge in [0.25, 0.3) is 5.91 Å². The van der Waals surface area contributed by atoms with E-state index < -0.39 is 11.9 Å². The van der Waals surface area contributed by atoms with Crippen molar-refractivity contribution in [2.24, 2.45) is 0 Å². The molecule has 2 aromatic rings. The molecule has 10 heteroatoms. The molecular formula is C12H13F3N4OS2. The fourth-order valence-electron chi connectivity index (χ4n) is 1.54. The number of rotatable bonds is 6. The zero-order valence-electron chi connectivity index (χ0n) is 11.5. The van der Waals surface area contributed by atoms with Gasteiger partial charge >= 0.3 is 6.18 Å². The van der Waals surface area contributed by atoms with Gasteiger partial charge in [0.1, 0.15) is 5.69 Å². The Hall–Kier alpha value is -1.68. The molecule has 22 heavy (non-hydrogen) atoms. The van der Waals surface area contributed by atoms with Crippen molar-refractivity contribution in [3.8, 4) is 0 Å². The highest BCUT2D eigenvalue weighted by Crippen LogP contribution is 2.30. The first-order valence-corrected chi connectivity index (χ1v) is 8.15. The maximum Gasteiger partial charge on any atom is 0.434 e. The van der Waals surface area contributed by atoms with E-state index in [4.69, 9.17) is 0 Å². The summed E-state index contributed by atoms with van der Waals surface area (Å²) in [6.45, 7) is 2.84. The molecule has 0 saturated heterocycles. The maximum atomic E-state index is 12.4. The minimum atomic E-state index is -4.43. The molecule has 1 amide bonds. The summed E-state index contributed by atoms with van der Waals surface area (Å²) in [5.74, 6) is -0.354. The Labute approximate surface area is 132 Å². The molecule has 0 radical (unpaired) electrons. The number of carbonyl (C=O) groups is 1. The van der Waals surface area contributed by atoms with Crippen molar-refractivity contribution in [2.75, 3.05) is 18.4 Å². The van der Waals surface area contributed by atoms with Crippen molar-refractivity contribution in [2.45, 2.75) is 19.5 Å². The van der Waals surface area contributed by atoms with Gasteiger partial charge in [0.15, 0.2) is 10.8 Å². The number of nitrogens with one attached hydrogen (secondary N) is 2. The van der Waals surface area contributed by atoms with E-state index in [1.54, 1.807) is 5.38 Å².